The van der Waals surface area contributed by atoms with Crippen molar-refractivity contribution in [2.75, 3.05) is 6.54 Å². The van der Waals surface area contributed by atoms with Gasteiger partial charge in [-0.05, 0) is 0 Å². The molecule has 0 aliphatic heterocycles. The lowest BCUT2D eigenvalue weighted by atomic mass is 10.2. The fraction of sp³-hybridized carbons (Fsp3) is 0.571. The lowest BCUT2D eigenvalue weighted by Crippen LogP contribution is -2.47. The molecule has 15 heavy (non-hydrogen) atoms. The number of carboxylic acid groups (broad SMARTS) is 3. The van der Waals surface area contributed by atoms with Gasteiger partial charge in [-0.15, -0.1) is 0 Å². The van der Waals surface area contributed by atoms with Gasteiger partial charge in [0, 0.05) is 6.54 Å². The average Bonchev–Trinajstić information content (AvgIpc) is 2.10. The Labute approximate surface area is 84.7 Å². The molecule has 0 spiro atoms. The Kier molecular flexibility index (Phi) is 5.27. The minimum absolute atomic E-state index is 0.306. The van der Waals surface area contributed by atoms with E-state index in [0.717, 1.165) is 0 Å². The van der Waals surface area contributed by atoms with Gasteiger partial charge in [0.15, 0.2) is 0 Å². The zero-order valence-corrected chi connectivity index (χ0v) is 7.71. The first-order valence-electron chi connectivity index (χ1n) is 4.01. The van der Waals surface area contributed by atoms with E-state index in [1.807, 2.05) is 0 Å². The highest BCUT2D eigenvalue weighted by Gasteiger charge is 2.22. The van der Waals surface area contributed by atoms with Gasteiger partial charge >= 0.3 is 17.9 Å². The van der Waals surface area contributed by atoms with Crippen molar-refractivity contribution < 1.29 is 29.7 Å². The number of hydrogen-bond donors (Lipinski definition) is 5. The molecule has 0 saturated carbocycles. The first kappa shape index (κ1) is 13.3. The Morgan fingerprint density at radius 2 is 1.67 bits per heavy atom. The molecule has 0 amide bonds. The normalized spacial score (nSPS) is 14.2. The van der Waals surface area contributed by atoms with Crippen LogP contribution < -0.4 is 11.1 Å². The minimum atomic E-state index is -1.37. The standard InChI is InChI=1S/C7H12N2O6/c8-3(6(12)13)2-9-4(7(14)15)1-5(10)11/h3-4,9H,1-2,8H2,(H,10,11)(H,12,13)(H,14,15). The summed E-state index contributed by atoms with van der Waals surface area (Å²) in [6.45, 7) is -0.306. The lowest BCUT2D eigenvalue weighted by Gasteiger charge is -2.13. The van der Waals surface area contributed by atoms with Gasteiger partial charge in [0.1, 0.15) is 12.1 Å². The van der Waals surface area contributed by atoms with Crippen molar-refractivity contribution in [1.82, 2.24) is 5.32 Å². The molecule has 0 fully saturated rings. The van der Waals surface area contributed by atoms with E-state index in [-0.39, 0.29) is 6.54 Å². The van der Waals surface area contributed by atoms with Crippen molar-refractivity contribution >= 4 is 17.9 Å². The van der Waals surface area contributed by atoms with Crippen LogP contribution in [0.25, 0.3) is 0 Å². The molecule has 6 N–H and O–H groups in total. The summed E-state index contributed by atoms with van der Waals surface area (Å²) in [7, 11) is 0. The molecule has 8 nitrogen and oxygen atoms in total. The summed E-state index contributed by atoms with van der Waals surface area (Å²) in [6, 6.07) is -2.60. The van der Waals surface area contributed by atoms with E-state index in [0.29, 0.717) is 0 Å². The highest BCUT2D eigenvalue weighted by molar-refractivity contribution is 5.80. The number of nitrogens with one attached hydrogen (secondary N) is 1. The van der Waals surface area contributed by atoms with Gasteiger partial charge in [0.25, 0.3) is 0 Å². The zero-order valence-electron chi connectivity index (χ0n) is 7.71. The quantitative estimate of drug-likeness (QED) is 0.328. The van der Waals surface area contributed by atoms with Crippen LogP contribution in [0, 0.1) is 0 Å². The number of rotatable bonds is 7. The predicted octanol–water partition coefficient (Wildman–Crippen LogP) is -2.08. The predicted molar refractivity (Wildman–Crippen MR) is 47.3 cm³/mol. The molecule has 0 bridgehead atoms. The van der Waals surface area contributed by atoms with E-state index in [9.17, 15) is 14.4 Å². The monoisotopic (exact) mass is 220 g/mol. The van der Waals surface area contributed by atoms with E-state index in [4.69, 9.17) is 21.1 Å². The van der Waals surface area contributed by atoms with Crippen LogP contribution in [0.15, 0.2) is 0 Å². The number of carbonyl (C=O) groups is 3. The molecule has 0 heterocycles. The number of nitrogens with two attached hydrogens (primary N) is 1. The van der Waals surface area contributed by atoms with Gasteiger partial charge in [0.05, 0.1) is 6.42 Å². The zero-order chi connectivity index (χ0) is 12.0. The first-order chi connectivity index (χ1) is 6.84. The molecule has 0 rings (SSSR count). The second-order valence-corrected chi connectivity index (χ2v) is 2.84. The van der Waals surface area contributed by atoms with Gasteiger partial charge < -0.3 is 26.4 Å². The van der Waals surface area contributed by atoms with E-state index >= 15 is 0 Å². The molecule has 8 heteroatoms. The first-order valence-corrected chi connectivity index (χ1v) is 4.01. The van der Waals surface area contributed by atoms with Crippen molar-refractivity contribution in [2.45, 2.75) is 18.5 Å². The molecule has 86 valence electrons. The topological polar surface area (TPSA) is 150 Å². The Morgan fingerprint density at radius 1 is 1.13 bits per heavy atom. The Bertz CT molecular complexity index is 266. The summed E-state index contributed by atoms with van der Waals surface area (Å²) in [5.74, 6) is -3.95. The van der Waals surface area contributed by atoms with Crippen molar-refractivity contribution in [3.8, 4) is 0 Å². The average molecular weight is 220 g/mol. The summed E-state index contributed by atoms with van der Waals surface area (Å²) in [5, 5.41) is 27.5. The van der Waals surface area contributed by atoms with Crippen LogP contribution in [0.5, 0.6) is 0 Å². The van der Waals surface area contributed by atoms with Crippen LogP contribution in [0.2, 0.25) is 0 Å². The van der Waals surface area contributed by atoms with Gasteiger partial charge in [-0.2, -0.15) is 0 Å². The van der Waals surface area contributed by atoms with E-state index < -0.39 is 36.4 Å². The Balaban J connectivity index is 4.13. The van der Waals surface area contributed by atoms with Crippen molar-refractivity contribution in [3.05, 3.63) is 0 Å². The molecule has 0 aliphatic rings. The van der Waals surface area contributed by atoms with E-state index in [2.05, 4.69) is 5.32 Å². The summed E-state index contributed by atoms with van der Waals surface area (Å²) < 4.78 is 0. The molecule has 2 atom stereocenters. The van der Waals surface area contributed by atoms with Crippen LogP contribution in [0.4, 0.5) is 0 Å². The molecule has 0 aromatic heterocycles. The highest BCUT2D eigenvalue weighted by atomic mass is 16.4. The molecular weight excluding hydrogens is 208 g/mol. The maximum absolute atomic E-state index is 10.5. The fourth-order valence-corrected chi connectivity index (χ4v) is 0.778. The van der Waals surface area contributed by atoms with Crippen LogP contribution in [-0.2, 0) is 14.4 Å². The third-order valence-corrected chi connectivity index (χ3v) is 1.58. The largest absolute Gasteiger partial charge is 0.481 e. The smallest absolute Gasteiger partial charge is 0.321 e. The lowest BCUT2D eigenvalue weighted by molar-refractivity contribution is -0.146. The van der Waals surface area contributed by atoms with Crippen molar-refractivity contribution in [1.29, 1.82) is 0 Å². The molecular formula is C7H12N2O6. The molecule has 0 saturated heterocycles. The number of carboxylic acids is 3. The van der Waals surface area contributed by atoms with E-state index in [1.165, 1.54) is 0 Å². The maximum atomic E-state index is 10.5. The highest BCUT2D eigenvalue weighted by Crippen LogP contribution is 1.92. The Morgan fingerprint density at radius 3 is 2.00 bits per heavy atom. The third-order valence-electron chi connectivity index (χ3n) is 1.58. The van der Waals surface area contributed by atoms with E-state index in [1.54, 1.807) is 0 Å². The van der Waals surface area contributed by atoms with Crippen LogP contribution in [0.3, 0.4) is 0 Å². The molecule has 2 unspecified atom stereocenters. The van der Waals surface area contributed by atoms with Gasteiger partial charge in [-0.25, -0.2) is 0 Å². The van der Waals surface area contributed by atoms with Gasteiger partial charge in [0.2, 0.25) is 0 Å². The Hall–Kier alpha value is -1.67. The number of hydrogen-bond acceptors (Lipinski definition) is 5. The van der Waals surface area contributed by atoms with Crippen molar-refractivity contribution in [3.63, 3.8) is 0 Å². The second-order valence-electron chi connectivity index (χ2n) is 2.84. The molecule has 0 radical (unpaired) electrons. The fourth-order valence-electron chi connectivity index (χ4n) is 0.778. The molecule has 0 aliphatic carbocycles. The van der Waals surface area contributed by atoms with Crippen LogP contribution in [-0.4, -0.2) is 51.9 Å². The maximum Gasteiger partial charge on any atom is 0.321 e. The minimum Gasteiger partial charge on any atom is -0.481 e. The molecule has 0 aromatic rings. The number of aliphatic carboxylic acids is 3. The van der Waals surface area contributed by atoms with Crippen LogP contribution >= 0.6 is 0 Å². The van der Waals surface area contributed by atoms with Crippen LogP contribution in [0.1, 0.15) is 6.42 Å². The summed E-state index contributed by atoms with van der Waals surface area (Å²) in [5.41, 5.74) is 5.09. The SMILES string of the molecule is NC(CNC(CC(=O)O)C(=O)O)C(=O)O. The molecule has 0 aromatic carbocycles. The van der Waals surface area contributed by atoms with Gasteiger partial charge in [-0.3, -0.25) is 14.4 Å². The summed E-state index contributed by atoms with van der Waals surface area (Å²) in [6.07, 6.45) is -0.637. The third kappa shape index (κ3) is 5.60. The second kappa shape index (κ2) is 5.94. The summed E-state index contributed by atoms with van der Waals surface area (Å²) >= 11 is 0. The van der Waals surface area contributed by atoms with Crippen molar-refractivity contribution in [2.24, 2.45) is 5.73 Å². The summed E-state index contributed by atoms with van der Waals surface area (Å²) in [4.78, 5) is 31.0. The van der Waals surface area contributed by atoms with Gasteiger partial charge in [-0.1, -0.05) is 0 Å².